The Labute approximate surface area is 103 Å². The second-order valence-electron chi connectivity index (χ2n) is 3.66. The van der Waals surface area contributed by atoms with Gasteiger partial charge < -0.3 is 10.1 Å². The molecule has 0 saturated carbocycles. The molecule has 0 bridgehead atoms. The van der Waals surface area contributed by atoms with Gasteiger partial charge in [-0.15, -0.1) is 12.4 Å². The van der Waals surface area contributed by atoms with Crippen molar-refractivity contribution in [1.29, 1.82) is 0 Å². The standard InChI is InChI=1S/C12H17NO2.ClH/c1-9(2)15-11-6-4-5-10(7-11)8-12(14)13-3;/h4-7,9H,8H2,1-3H3,(H,13,14);1H. The van der Waals surface area contributed by atoms with Crippen molar-refractivity contribution < 1.29 is 9.53 Å². The topological polar surface area (TPSA) is 38.3 Å². The lowest BCUT2D eigenvalue weighted by molar-refractivity contribution is -0.119. The number of amides is 1. The molecule has 90 valence electrons. The molecule has 1 rings (SSSR count). The summed E-state index contributed by atoms with van der Waals surface area (Å²) < 4.78 is 5.54. The SMILES string of the molecule is CNC(=O)Cc1cccc(OC(C)C)c1.Cl. The lowest BCUT2D eigenvalue weighted by Gasteiger charge is -2.10. The molecule has 1 N–H and O–H groups in total. The first-order valence-electron chi connectivity index (χ1n) is 5.08. The third-order valence-electron chi connectivity index (χ3n) is 1.91. The molecule has 0 saturated heterocycles. The van der Waals surface area contributed by atoms with E-state index >= 15 is 0 Å². The molecule has 0 heterocycles. The van der Waals surface area contributed by atoms with Crippen molar-refractivity contribution in [3.05, 3.63) is 29.8 Å². The quantitative estimate of drug-likeness (QED) is 0.881. The summed E-state index contributed by atoms with van der Waals surface area (Å²) in [6, 6.07) is 7.61. The van der Waals surface area contributed by atoms with Gasteiger partial charge in [0, 0.05) is 7.05 Å². The molecule has 0 aliphatic rings. The molecular formula is C12H18ClNO2. The van der Waals surface area contributed by atoms with Crippen LogP contribution in [0.1, 0.15) is 19.4 Å². The van der Waals surface area contributed by atoms with Crippen LogP contribution in [-0.2, 0) is 11.2 Å². The van der Waals surface area contributed by atoms with Crippen molar-refractivity contribution in [2.24, 2.45) is 0 Å². The summed E-state index contributed by atoms with van der Waals surface area (Å²) in [5.41, 5.74) is 0.965. The van der Waals surface area contributed by atoms with Crippen LogP contribution < -0.4 is 10.1 Å². The maximum atomic E-state index is 11.2. The van der Waals surface area contributed by atoms with Gasteiger partial charge in [-0.25, -0.2) is 0 Å². The number of carbonyl (C=O) groups excluding carboxylic acids is 1. The van der Waals surface area contributed by atoms with Gasteiger partial charge in [0.05, 0.1) is 12.5 Å². The Bertz CT molecular complexity index is 340. The number of carbonyl (C=O) groups is 1. The third-order valence-corrected chi connectivity index (χ3v) is 1.91. The first-order chi connectivity index (χ1) is 7.11. The van der Waals surface area contributed by atoms with E-state index in [0.717, 1.165) is 11.3 Å². The Kier molecular flexibility index (Phi) is 6.58. The fourth-order valence-electron chi connectivity index (χ4n) is 1.27. The number of ether oxygens (including phenoxy) is 1. The first kappa shape index (κ1) is 14.8. The number of nitrogens with one attached hydrogen (secondary N) is 1. The van der Waals surface area contributed by atoms with Gasteiger partial charge in [0.2, 0.25) is 5.91 Å². The summed E-state index contributed by atoms with van der Waals surface area (Å²) in [5.74, 6) is 0.822. The van der Waals surface area contributed by atoms with E-state index in [-0.39, 0.29) is 24.4 Å². The Hall–Kier alpha value is -1.22. The Morgan fingerprint density at radius 3 is 2.69 bits per heavy atom. The fraction of sp³-hybridized carbons (Fsp3) is 0.417. The van der Waals surface area contributed by atoms with E-state index in [1.54, 1.807) is 7.05 Å². The van der Waals surface area contributed by atoms with Crippen LogP contribution >= 0.6 is 12.4 Å². The predicted molar refractivity (Wildman–Crippen MR) is 67.2 cm³/mol. The zero-order chi connectivity index (χ0) is 11.3. The number of benzene rings is 1. The Morgan fingerprint density at radius 1 is 1.44 bits per heavy atom. The number of hydrogen-bond acceptors (Lipinski definition) is 2. The van der Waals surface area contributed by atoms with E-state index in [4.69, 9.17) is 4.74 Å². The molecule has 0 atom stereocenters. The molecule has 1 aromatic carbocycles. The highest BCUT2D eigenvalue weighted by Gasteiger charge is 2.03. The zero-order valence-electron chi connectivity index (χ0n) is 9.82. The van der Waals surface area contributed by atoms with Gasteiger partial charge in [-0.1, -0.05) is 12.1 Å². The van der Waals surface area contributed by atoms with Crippen LogP contribution in [0.5, 0.6) is 5.75 Å². The molecule has 0 aliphatic carbocycles. The van der Waals surface area contributed by atoms with E-state index < -0.39 is 0 Å². The molecule has 0 aliphatic heterocycles. The molecule has 0 radical (unpaired) electrons. The summed E-state index contributed by atoms with van der Waals surface area (Å²) in [7, 11) is 1.64. The van der Waals surface area contributed by atoms with Gasteiger partial charge >= 0.3 is 0 Å². The molecule has 1 amide bonds. The lowest BCUT2D eigenvalue weighted by atomic mass is 10.1. The number of halogens is 1. The highest BCUT2D eigenvalue weighted by molar-refractivity contribution is 5.85. The smallest absolute Gasteiger partial charge is 0.224 e. The number of likely N-dealkylation sites (N-methyl/N-ethyl adjacent to an activating group) is 1. The largest absolute Gasteiger partial charge is 0.491 e. The van der Waals surface area contributed by atoms with Crippen LogP contribution in [0.15, 0.2) is 24.3 Å². The highest BCUT2D eigenvalue weighted by atomic mass is 35.5. The van der Waals surface area contributed by atoms with E-state index in [0.29, 0.717) is 6.42 Å². The maximum absolute atomic E-state index is 11.2. The average molecular weight is 244 g/mol. The molecule has 16 heavy (non-hydrogen) atoms. The Balaban J connectivity index is 0.00000225. The van der Waals surface area contributed by atoms with Crippen molar-refractivity contribution in [1.82, 2.24) is 5.32 Å². The summed E-state index contributed by atoms with van der Waals surface area (Å²) in [6.45, 7) is 3.96. The minimum atomic E-state index is 0. The molecule has 3 nitrogen and oxygen atoms in total. The van der Waals surface area contributed by atoms with Gasteiger partial charge in [0.25, 0.3) is 0 Å². The van der Waals surface area contributed by atoms with Crippen molar-refractivity contribution in [2.45, 2.75) is 26.4 Å². The van der Waals surface area contributed by atoms with Gasteiger partial charge in [-0.05, 0) is 31.5 Å². The average Bonchev–Trinajstić information content (AvgIpc) is 2.17. The molecule has 0 fully saturated rings. The van der Waals surface area contributed by atoms with E-state index in [2.05, 4.69) is 5.32 Å². The fourth-order valence-corrected chi connectivity index (χ4v) is 1.27. The number of hydrogen-bond donors (Lipinski definition) is 1. The molecule has 1 aromatic rings. The van der Waals surface area contributed by atoms with Gasteiger partial charge in [-0.3, -0.25) is 4.79 Å². The van der Waals surface area contributed by atoms with Crippen molar-refractivity contribution in [3.8, 4) is 5.75 Å². The molecule has 0 aromatic heterocycles. The summed E-state index contributed by atoms with van der Waals surface area (Å²) in [6.07, 6.45) is 0.548. The minimum Gasteiger partial charge on any atom is -0.491 e. The van der Waals surface area contributed by atoms with Gasteiger partial charge in [-0.2, -0.15) is 0 Å². The van der Waals surface area contributed by atoms with Crippen LogP contribution in [0.3, 0.4) is 0 Å². The predicted octanol–water partition coefficient (Wildman–Crippen LogP) is 2.18. The summed E-state index contributed by atoms with van der Waals surface area (Å²) in [5, 5.41) is 2.59. The van der Waals surface area contributed by atoms with E-state index in [1.165, 1.54) is 0 Å². The van der Waals surface area contributed by atoms with Crippen LogP contribution in [0.4, 0.5) is 0 Å². The van der Waals surface area contributed by atoms with Gasteiger partial charge in [0.1, 0.15) is 5.75 Å². The van der Waals surface area contributed by atoms with Crippen molar-refractivity contribution in [3.63, 3.8) is 0 Å². The van der Waals surface area contributed by atoms with Gasteiger partial charge in [0.15, 0.2) is 0 Å². The van der Waals surface area contributed by atoms with Crippen LogP contribution in [0.2, 0.25) is 0 Å². The third kappa shape index (κ3) is 5.03. The molecule has 4 heteroatoms. The highest BCUT2D eigenvalue weighted by Crippen LogP contribution is 2.15. The molecule has 0 unspecified atom stereocenters. The summed E-state index contributed by atoms with van der Waals surface area (Å²) >= 11 is 0. The lowest BCUT2D eigenvalue weighted by Crippen LogP contribution is -2.19. The van der Waals surface area contributed by atoms with Crippen molar-refractivity contribution >= 4 is 18.3 Å². The normalized spacial score (nSPS) is 9.50. The maximum Gasteiger partial charge on any atom is 0.224 e. The van der Waals surface area contributed by atoms with E-state index in [1.807, 2.05) is 38.1 Å². The molecular weight excluding hydrogens is 226 g/mol. The minimum absolute atomic E-state index is 0. The van der Waals surface area contributed by atoms with E-state index in [9.17, 15) is 4.79 Å². The van der Waals surface area contributed by atoms with Crippen LogP contribution in [0.25, 0.3) is 0 Å². The monoisotopic (exact) mass is 243 g/mol. The van der Waals surface area contributed by atoms with Crippen LogP contribution in [-0.4, -0.2) is 19.1 Å². The molecule has 0 spiro atoms. The first-order valence-corrected chi connectivity index (χ1v) is 5.08. The van der Waals surface area contributed by atoms with Crippen molar-refractivity contribution in [2.75, 3.05) is 7.05 Å². The Morgan fingerprint density at radius 2 is 2.12 bits per heavy atom. The zero-order valence-corrected chi connectivity index (χ0v) is 10.6. The summed E-state index contributed by atoms with van der Waals surface area (Å²) in [4.78, 5) is 11.2. The second kappa shape index (κ2) is 7.12. The second-order valence-corrected chi connectivity index (χ2v) is 3.66. The number of rotatable bonds is 4. The van der Waals surface area contributed by atoms with Crippen LogP contribution in [0, 0.1) is 0 Å².